The van der Waals surface area contributed by atoms with Crippen molar-refractivity contribution in [2.75, 3.05) is 5.33 Å². The van der Waals surface area contributed by atoms with E-state index in [0.29, 0.717) is 5.06 Å². The van der Waals surface area contributed by atoms with Crippen LogP contribution < -0.4 is 0 Å². The molecule has 0 spiro atoms. The van der Waals surface area contributed by atoms with E-state index in [9.17, 15) is 19.2 Å². The van der Waals surface area contributed by atoms with Crippen LogP contribution in [-0.2, 0) is 24.0 Å². The third-order valence-electron chi connectivity index (χ3n) is 1.96. The quantitative estimate of drug-likeness (QED) is 0.539. The van der Waals surface area contributed by atoms with Gasteiger partial charge in [-0.1, -0.05) is 15.9 Å². The molecule has 1 fully saturated rings. The van der Waals surface area contributed by atoms with Crippen LogP contribution >= 0.6 is 15.9 Å². The van der Waals surface area contributed by atoms with E-state index in [-0.39, 0.29) is 36.8 Å². The molecule has 1 rings (SSSR count). The zero-order valence-electron chi connectivity index (χ0n) is 8.40. The van der Waals surface area contributed by atoms with Gasteiger partial charge in [0, 0.05) is 19.3 Å². The lowest BCUT2D eigenvalue weighted by Gasteiger charge is -2.11. The smallest absolute Gasteiger partial charge is 0.330 e. The van der Waals surface area contributed by atoms with Crippen molar-refractivity contribution >= 4 is 39.5 Å². The summed E-state index contributed by atoms with van der Waals surface area (Å²) in [6.07, 6.45) is 0.0146. The number of hydrogen-bond donors (Lipinski definition) is 0. The summed E-state index contributed by atoms with van der Waals surface area (Å²) in [5, 5.41) is 0.642. The molecule has 0 radical (unpaired) electrons. The normalized spacial score (nSPS) is 15.4. The summed E-state index contributed by atoms with van der Waals surface area (Å²) in [5.74, 6) is -1.94. The van der Waals surface area contributed by atoms with E-state index >= 15 is 0 Å². The first-order valence-corrected chi connectivity index (χ1v) is 5.81. The van der Waals surface area contributed by atoms with Crippen LogP contribution in [0.3, 0.4) is 0 Å². The second-order valence-electron chi connectivity index (χ2n) is 3.22. The highest BCUT2D eigenvalue weighted by Crippen LogP contribution is 2.12. The van der Waals surface area contributed by atoms with Gasteiger partial charge in [0.05, 0.1) is 11.8 Å². The number of rotatable bonds is 5. The molecule has 2 amide bonds. The molecule has 0 bridgehead atoms. The fraction of sp³-hybridized carbons (Fsp3) is 0.556. The van der Waals surface area contributed by atoms with Crippen LogP contribution in [0, 0.1) is 0 Å². The first-order valence-electron chi connectivity index (χ1n) is 4.69. The Balaban J connectivity index is 2.36. The fourth-order valence-electron chi connectivity index (χ4n) is 1.11. The van der Waals surface area contributed by atoms with Gasteiger partial charge < -0.3 is 4.84 Å². The van der Waals surface area contributed by atoms with Crippen LogP contribution in [0.25, 0.3) is 0 Å². The topological polar surface area (TPSA) is 80.8 Å². The largest absolute Gasteiger partial charge is 0.333 e. The minimum absolute atomic E-state index is 0.0281. The molecule has 1 aliphatic rings. The molecule has 88 valence electrons. The maximum absolute atomic E-state index is 11.2. The average Bonchev–Trinajstić information content (AvgIpc) is 2.57. The van der Waals surface area contributed by atoms with Gasteiger partial charge in [-0.3, -0.25) is 14.4 Å². The second kappa shape index (κ2) is 5.74. The molecule has 1 heterocycles. The van der Waals surface area contributed by atoms with Crippen molar-refractivity contribution in [3.63, 3.8) is 0 Å². The standard InChI is InChI=1S/C9H10BrNO5/c10-5-6(12)1-4-9(15)16-11-7(13)2-3-8(11)14/h1-5H2. The molecule has 6 nitrogen and oxygen atoms in total. The minimum atomic E-state index is -0.752. The second-order valence-corrected chi connectivity index (χ2v) is 3.78. The van der Waals surface area contributed by atoms with E-state index < -0.39 is 17.8 Å². The summed E-state index contributed by atoms with van der Waals surface area (Å²) in [7, 11) is 0. The van der Waals surface area contributed by atoms with Crippen molar-refractivity contribution in [1.82, 2.24) is 5.06 Å². The van der Waals surface area contributed by atoms with Gasteiger partial charge in [0.25, 0.3) is 11.8 Å². The van der Waals surface area contributed by atoms with Crippen molar-refractivity contribution < 1.29 is 24.0 Å². The Kier molecular flexibility index (Phi) is 4.60. The van der Waals surface area contributed by atoms with Crippen molar-refractivity contribution in [2.45, 2.75) is 25.7 Å². The number of alkyl halides is 1. The first kappa shape index (κ1) is 12.8. The molecule has 0 aliphatic carbocycles. The van der Waals surface area contributed by atoms with E-state index in [2.05, 4.69) is 20.8 Å². The summed E-state index contributed by atoms with van der Waals surface area (Å²) >= 11 is 2.95. The Labute approximate surface area is 100.0 Å². The van der Waals surface area contributed by atoms with Crippen LogP contribution in [-0.4, -0.2) is 34.0 Å². The van der Waals surface area contributed by atoms with Crippen molar-refractivity contribution in [3.8, 4) is 0 Å². The molecule has 0 aromatic carbocycles. The number of halogens is 1. The highest BCUT2D eigenvalue weighted by molar-refractivity contribution is 9.09. The lowest BCUT2D eigenvalue weighted by molar-refractivity contribution is -0.197. The molecule has 0 saturated carbocycles. The highest BCUT2D eigenvalue weighted by Gasteiger charge is 2.32. The summed E-state index contributed by atoms with van der Waals surface area (Å²) in [6, 6.07) is 0. The number of hydrogen-bond acceptors (Lipinski definition) is 5. The monoisotopic (exact) mass is 291 g/mol. The molecule has 0 unspecified atom stereocenters. The van der Waals surface area contributed by atoms with E-state index in [1.807, 2.05) is 0 Å². The summed E-state index contributed by atoms with van der Waals surface area (Å²) in [6.45, 7) is 0. The summed E-state index contributed by atoms with van der Waals surface area (Å²) in [5.41, 5.74) is 0. The van der Waals surface area contributed by atoms with E-state index in [1.54, 1.807) is 0 Å². The average molecular weight is 292 g/mol. The van der Waals surface area contributed by atoms with Gasteiger partial charge in [0.15, 0.2) is 0 Å². The lowest BCUT2D eigenvalue weighted by Crippen LogP contribution is -2.32. The molecule has 7 heteroatoms. The maximum atomic E-state index is 11.2. The zero-order chi connectivity index (χ0) is 12.1. The van der Waals surface area contributed by atoms with Gasteiger partial charge in [0.2, 0.25) is 0 Å². The number of Topliss-reactive ketones (excluding diaryl/α,β-unsaturated/α-hetero) is 1. The van der Waals surface area contributed by atoms with E-state index in [4.69, 9.17) is 0 Å². The number of carbonyl (C=O) groups is 4. The summed E-state index contributed by atoms with van der Waals surface area (Å²) in [4.78, 5) is 48.7. The van der Waals surface area contributed by atoms with Crippen LogP contribution in [0.2, 0.25) is 0 Å². The molecule has 16 heavy (non-hydrogen) atoms. The zero-order valence-corrected chi connectivity index (χ0v) is 9.99. The molecule has 1 aliphatic heterocycles. The predicted molar refractivity (Wildman–Crippen MR) is 55.2 cm³/mol. The van der Waals surface area contributed by atoms with Gasteiger partial charge in [-0.05, 0) is 0 Å². The third-order valence-corrected chi connectivity index (χ3v) is 2.58. The Bertz CT molecular complexity index is 325. The molecule has 0 N–H and O–H groups in total. The Morgan fingerprint density at radius 1 is 1.19 bits per heavy atom. The van der Waals surface area contributed by atoms with Gasteiger partial charge in [-0.15, -0.1) is 5.06 Å². The van der Waals surface area contributed by atoms with Gasteiger partial charge >= 0.3 is 5.97 Å². The number of hydroxylamine groups is 2. The van der Waals surface area contributed by atoms with Crippen LogP contribution in [0.5, 0.6) is 0 Å². The Hall–Kier alpha value is -1.24. The molecular weight excluding hydrogens is 282 g/mol. The molecular formula is C9H10BrNO5. The maximum Gasteiger partial charge on any atom is 0.333 e. The third kappa shape index (κ3) is 3.41. The molecule has 1 saturated heterocycles. The fourth-order valence-corrected chi connectivity index (χ4v) is 1.39. The van der Waals surface area contributed by atoms with Crippen molar-refractivity contribution in [1.29, 1.82) is 0 Å². The Morgan fingerprint density at radius 2 is 1.75 bits per heavy atom. The SMILES string of the molecule is O=C(CBr)CCC(=O)ON1C(=O)CCC1=O. The molecule has 0 aromatic heterocycles. The Morgan fingerprint density at radius 3 is 2.25 bits per heavy atom. The number of carbonyl (C=O) groups excluding carboxylic acids is 4. The van der Waals surface area contributed by atoms with Gasteiger partial charge in [-0.25, -0.2) is 4.79 Å². The first-order chi connectivity index (χ1) is 7.54. The van der Waals surface area contributed by atoms with E-state index in [0.717, 1.165) is 0 Å². The number of ketones is 1. The molecule has 0 aromatic rings. The minimum Gasteiger partial charge on any atom is -0.330 e. The van der Waals surface area contributed by atoms with E-state index in [1.165, 1.54) is 0 Å². The summed E-state index contributed by atoms with van der Waals surface area (Å²) < 4.78 is 0. The number of amides is 2. The highest BCUT2D eigenvalue weighted by atomic mass is 79.9. The van der Waals surface area contributed by atoms with Crippen molar-refractivity contribution in [3.05, 3.63) is 0 Å². The molecule has 0 atom stereocenters. The number of nitrogens with zero attached hydrogens (tertiary/aromatic N) is 1. The van der Waals surface area contributed by atoms with Crippen molar-refractivity contribution in [2.24, 2.45) is 0 Å². The van der Waals surface area contributed by atoms with Crippen LogP contribution in [0.15, 0.2) is 0 Å². The van der Waals surface area contributed by atoms with Crippen LogP contribution in [0.1, 0.15) is 25.7 Å². The van der Waals surface area contributed by atoms with Gasteiger partial charge in [-0.2, -0.15) is 0 Å². The van der Waals surface area contributed by atoms with Gasteiger partial charge in [0.1, 0.15) is 5.78 Å². The van der Waals surface area contributed by atoms with Crippen LogP contribution in [0.4, 0.5) is 0 Å². The number of imide groups is 1. The predicted octanol–water partition coefficient (Wildman–Crippen LogP) is 0.338. The lowest BCUT2D eigenvalue weighted by atomic mass is 10.2.